The monoisotopic (exact) mass is 353 g/mol. The van der Waals surface area contributed by atoms with Crippen molar-refractivity contribution < 1.29 is 4.39 Å². The maximum absolute atomic E-state index is 13.6. The summed E-state index contributed by atoms with van der Waals surface area (Å²) in [6, 6.07) is 8.54. The molecule has 0 saturated carbocycles. The minimum Gasteiger partial charge on any atom is -0.369 e. The Labute approximate surface area is 128 Å². The molecule has 1 aromatic heterocycles. The highest BCUT2D eigenvalue weighted by atomic mass is 79.9. The van der Waals surface area contributed by atoms with Crippen LogP contribution >= 0.6 is 27.5 Å². The van der Waals surface area contributed by atoms with Crippen molar-refractivity contribution in [1.82, 2.24) is 9.55 Å². The molecule has 0 fully saturated rings. The average Bonchev–Trinajstić information content (AvgIpc) is 2.71. The van der Waals surface area contributed by atoms with Gasteiger partial charge in [0, 0.05) is 0 Å². The lowest BCUT2D eigenvalue weighted by Gasteiger charge is -2.12. The molecule has 0 spiro atoms. The van der Waals surface area contributed by atoms with E-state index in [9.17, 15) is 4.39 Å². The van der Waals surface area contributed by atoms with Crippen LogP contribution < -0.4 is 5.73 Å². The van der Waals surface area contributed by atoms with Gasteiger partial charge in [-0.15, -0.1) is 0 Å². The third-order valence-electron chi connectivity index (χ3n) is 3.13. The number of fused-ring (bicyclic) bond motifs is 1. The molecule has 0 unspecified atom stereocenters. The first-order valence-electron chi connectivity index (χ1n) is 5.87. The highest BCUT2D eigenvalue weighted by Crippen LogP contribution is 2.32. The Morgan fingerprint density at radius 3 is 2.85 bits per heavy atom. The van der Waals surface area contributed by atoms with Crippen molar-refractivity contribution in [3.63, 3.8) is 0 Å². The fraction of sp³-hybridized carbons (Fsp3) is 0.0714. The Balaban J connectivity index is 2.41. The van der Waals surface area contributed by atoms with E-state index in [0.717, 1.165) is 11.3 Å². The number of halogens is 3. The fourth-order valence-corrected chi connectivity index (χ4v) is 2.81. The first-order chi connectivity index (χ1) is 9.49. The SMILES string of the molecule is Cc1cc(F)c(Br)cc1-n1c(N)nc2cccc(Cl)c21. The van der Waals surface area contributed by atoms with E-state index in [1.807, 2.05) is 19.1 Å². The summed E-state index contributed by atoms with van der Waals surface area (Å²) in [5.74, 6) is -0.00459. The molecule has 2 N–H and O–H groups in total. The summed E-state index contributed by atoms with van der Waals surface area (Å²) in [6.07, 6.45) is 0. The van der Waals surface area contributed by atoms with Crippen LogP contribution in [0.25, 0.3) is 16.7 Å². The first-order valence-corrected chi connectivity index (χ1v) is 7.04. The number of aryl methyl sites for hydroxylation is 1. The normalized spacial score (nSPS) is 11.2. The Kier molecular flexibility index (Phi) is 3.18. The number of hydrogen-bond acceptors (Lipinski definition) is 2. The lowest BCUT2D eigenvalue weighted by atomic mass is 10.2. The number of rotatable bonds is 1. The van der Waals surface area contributed by atoms with Gasteiger partial charge in [0.15, 0.2) is 0 Å². The second kappa shape index (κ2) is 4.75. The van der Waals surface area contributed by atoms with E-state index < -0.39 is 0 Å². The summed E-state index contributed by atoms with van der Waals surface area (Å²) in [7, 11) is 0. The van der Waals surface area contributed by atoms with E-state index in [4.69, 9.17) is 17.3 Å². The molecular weight excluding hydrogens is 345 g/mol. The van der Waals surface area contributed by atoms with Gasteiger partial charge in [0.2, 0.25) is 5.95 Å². The molecule has 0 saturated heterocycles. The third kappa shape index (κ3) is 1.98. The van der Waals surface area contributed by atoms with Crippen molar-refractivity contribution in [1.29, 1.82) is 0 Å². The average molecular weight is 355 g/mol. The molecular formula is C14H10BrClFN3. The van der Waals surface area contributed by atoms with Crippen LogP contribution in [0.1, 0.15) is 5.56 Å². The molecule has 3 nitrogen and oxygen atoms in total. The molecule has 1 heterocycles. The quantitative estimate of drug-likeness (QED) is 0.700. The van der Waals surface area contributed by atoms with Gasteiger partial charge >= 0.3 is 0 Å². The zero-order valence-corrected chi connectivity index (χ0v) is 12.8. The number of benzene rings is 2. The van der Waals surface area contributed by atoms with Gasteiger partial charge in [-0.05, 0) is 52.7 Å². The Morgan fingerprint density at radius 1 is 1.35 bits per heavy atom. The number of hydrogen-bond donors (Lipinski definition) is 1. The van der Waals surface area contributed by atoms with Crippen LogP contribution in [-0.4, -0.2) is 9.55 Å². The number of aromatic nitrogens is 2. The fourth-order valence-electron chi connectivity index (χ4n) is 2.22. The van der Waals surface area contributed by atoms with Gasteiger partial charge in [0.25, 0.3) is 0 Å². The van der Waals surface area contributed by atoms with Crippen LogP contribution in [0.4, 0.5) is 10.3 Å². The molecule has 3 aromatic rings. The summed E-state index contributed by atoms with van der Waals surface area (Å²) < 4.78 is 15.7. The van der Waals surface area contributed by atoms with Gasteiger partial charge in [0.1, 0.15) is 5.82 Å². The van der Waals surface area contributed by atoms with Crippen LogP contribution in [0, 0.1) is 12.7 Å². The van der Waals surface area contributed by atoms with Crippen molar-refractivity contribution in [2.75, 3.05) is 5.73 Å². The summed E-state index contributed by atoms with van der Waals surface area (Å²) in [5.41, 5.74) is 8.90. The Bertz CT molecular complexity index is 829. The van der Waals surface area contributed by atoms with Crippen molar-refractivity contribution in [3.8, 4) is 5.69 Å². The van der Waals surface area contributed by atoms with E-state index in [1.54, 1.807) is 16.7 Å². The highest BCUT2D eigenvalue weighted by Gasteiger charge is 2.16. The molecule has 6 heteroatoms. The lowest BCUT2D eigenvalue weighted by Crippen LogP contribution is -2.03. The van der Waals surface area contributed by atoms with Crippen LogP contribution in [-0.2, 0) is 0 Å². The van der Waals surface area contributed by atoms with E-state index in [1.165, 1.54) is 6.07 Å². The predicted molar refractivity (Wildman–Crippen MR) is 82.9 cm³/mol. The van der Waals surface area contributed by atoms with Gasteiger partial charge in [0.05, 0.1) is 26.2 Å². The Morgan fingerprint density at radius 2 is 2.10 bits per heavy atom. The largest absolute Gasteiger partial charge is 0.369 e. The second-order valence-electron chi connectivity index (χ2n) is 4.47. The minimum atomic E-state index is -0.319. The van der Waals surface area contributed by atoms with Crippen LogP contribution in [0.3, 0.4) is 0 Å². The van der Waals surface area contributed by atoms with Gasteiger partial charge in [-0.1, -0.05) is 17.7 Å². The molecule has 0 aliphatic carbocycles. The van der Waals surface area contributed by atoms with Gasteiger partial charge in [-0.25, -0.2) is 9.37 Å². The molecule has 0 aliphatic heterocycles. The van der Waals surface area contributed by atoms with Crippen LogP contribution in [0.5, 0.6) is 0 Å². The van der Waals surface area contributed by atoms with E-state index >= 15 is 0 Å². The summed E-state index contributed by atoms with van der Waals surface area (Å²) in [5, 5.41) is 0.548. The molecule has 0 bridgehead atoms. The number of anilines is 1. The topological polar surface area (TPSA) is 43.8 Å². The van der Waals surface area contributed by atoms with E-state index in [2.05, 4.69) is 20.9 Å². The number of para-hydroxylation sites is 1. The third-order valence-corrected chi connectivity index (χ3v) is 4.05. The van der Waals surface area contributed by atoms with E-state index in [-0.39, 0.29) is 5.82 Å². The standard InChI is InChI=1S/C14H10BrClFN3/c1-7-5-10(17)8(15)6-12(7)20-13-9(16)3-2-4-11(13)19-14(20)18/h2-6H,1H3,(H2,18,19). The molecule has 2 aromatic carbocycles. The molecule has 0 amide bonds. The summed E-state index contributed by atoms with van der Waals surface area (Å²) in [4.78, 5) is 4.29. The predicted octanol–water partition coefficient (Wildman–Crippen LogP) is 4.47. The minimum absolute atomic E-state index is 0.315. The van der Waals surface area contributed by atoms with Crippen LogP contribution in [0.2, 0.25) is 5.02 Å². The molecule has 3 rings (SSSR count). The number of nitrogens with two attached hydrogens (primary N) is 1. The van der Waals surface area contributed by atoms with E-state index in [0.29, 0.717) is 26.5 Å². The molecule has 0 aliphatic rings. The summed E-state index contributed by atoms with van der Waals surface area (Å²) >= 11 is 9.44. The maximum atomic E-state index is 13.6. The van der Waals surface area contributed by atoms with Crippen LogP contribution in [0.15, 0.2) is 34.8 Å². The molecule has 20 heavy (non-hydrogen) atoms. The van der Waals surface area contributed by atoms with Crippen molar-refractivity contribution in [2.45, 2.75) is 6.92 Å². The zero-order chi connectivity index (χ0) is 14.4. The van der Waals surface area contributed by atoms with Gasteiger partial charge in [-0.2, -0.15) is 0 Å². The summed E-state index contributed by atoms with van der Waals surface area (Å²) in [6.45, 7) is 1.81. The second-order valence-corrected chi connectivity index (χ2v) is 5.73. The number of imidazole rings is 1. The smallest absolute Gasteiger partial charge is 0.205 e. The highest BCUT2D eigenvalue weighted by molar-refractivity contribution is 9.10. The zero-order valence-electron chi connectivity index (χ0n) is 10.5. The lowest BCUT2D eigenvalue weighted by molar-refractivity contribution is 0.619. The Hall–Kier alpha value is -1.59. The first kappa shape index (κ1) is 13.4. The van der Waals surface area contributed by atoms with Gasteiger partial charge in [-0.3, -0.25) is 4.57 Å². The van der Waals surface area contributed by atoms with Crippen molar-refractivity contribution >= 4 is 44.5 Å². The number of nitrogens with zero attached hydrogens (tertiary/aromatic N) is 2. The number of nitrogen functional groups attached to an aromatic ring is 1. The molecule has 0 radical (unpaired) electrons. The maximum Gasteiger partial charge on any atom is 0.205 e. The molecule has 0 atom stereocenters. The molecule has 102 valence electrons. The van der Waals surface area contributed by atoms with Crippen molar-refractivity contribution in [2.24, 2.45) is 0 Å². The van der Waals surface area contributed by atoms with Crippen molar-refractivity contribution in [3.05, 3.63) is 51.2 Å². The van der Waals surface area contributed by atoms with Gasteiger partial charge < -0.3 is 5.73 Å².